The van der Waals surface area contributed by atoms with Gasteiger partial charge in [0, 0.05) is 5.38 Å². The van der Waals surface area contributed by atoms with Gasteiger partial charge in [-0.25, -0.2) is 4.98 Å². The lowest BCUT2D eigenvalue weighted by Gasteiger charge is -1.98. The summed E-state index contributed by atoms with van der Waals surface area (Å²) < 4.78 is 0. The molecule has 0 saturated carbocycles. The largest absolute Gasteiger partial charge is 0.507 e. The summed E-state index contributed by atoms with van der Waals surface area (Å²) in [6.07, 6.45) is 3.07. The number of carbonyl (C=O) groups excluding carboxylic acids is 1. The zero-order valence-electron chi connectivity index (χ0n) is 9.25. The van der Waals surface area contributed by atoms with Crippen LogP contribution in [0.5, 0.6) is 5.75 Å². The molecule has 1 heterocycles. The highest BCUT2D eigenvalue weighted by molar-refractivity contribution is 7.09. The molecule has 0 bridgehead atoms. The standard InChI is InChI=1S/C13H11NO2S/c1-9-14-10(8-17-9)6-7-13(16)11-4-2-3-5-12(11)15/h2-8,15H,1H3/b7-6+. The summed E-state index contributed by atoms with van der Waals surface area (Å²) in [7, 11) is 0. The number of allylic oxidation sites excluding steroid dienone is 1. The van der Waals surface area contributed by atoms with Crippen molar-refractivity contribution in [3.8, 4) is 5.75 Å². The fourth-order valence-electron chi connectivity index (χ4n) is 1.39. The second kappa shape index (κ2) is 4.93. The first kappa shape index (κ1) is 11.5. The maximum absolute atomic E-state index is 11.8. The molecule has 17 heavy (non-hydrogen) atoms. The second-order valence-electron chi connectivity index (χ2n) is 3.51. The third-order valence-electron chi connectivity index (χ3n) is 2.21. The SMILES string of the molecule is Cc1nc(/C=C/C(=O)c2ccccc2O)cs1. The summed E-state index contributed by atoms with van der Waals surface area (Å²) in [6, 6.07) is 6.48. The van der Waals surface area contributed by atoms with Gasteiger partial charge in [0.15, 0.2) is 5.78 Å². The van der Waals surface area contributed by atoms with E-state index in [0.717, 1.165) is 10.7 Å². The first-order chi connectivity index (χ1) is 8.16. The van der Waals surface area contributed by atoms with E-state index in [0.29, 0.717) is 5.56 Å². The molecule has 1 N–H and O–H groups in total. The van der Waals surface area contributed by atoms with Crippen molar-refractivity contribution in [2.24, 2.45) is 0 Å². The Morgan fingerprint density at radius 3 is 2.82 bits per heavy atom. The number of benzene rings is 1. The highest BCUT2D eigenvalue weighted by Crippen LogP contribution is 2.17. The molecule has 0 saturated heterocycles. The molecule has 86 valence electrons. The number of phenolic OH excluding ortho intramolecular Hbond substituents is 1. The molecule has 1 aromatic carbocycles. The summed E-state index contributed by atoms with van der Waals surface area (Å²) >= 11 is 1.53. The minimum absolute atomic E-state index is 0.00314. The van der Waals surface area contributed by atoms with Crippen LogP contribution in [0.1, 0.15) is 21.1 Å². The van der Waals surface area contributed by atoms with Gasteiger partial charge in [0.25, 0.3) is 0 Å². The van der Waals surface area contributed by atoms with E-state index < -0.39 is 0 Å². The molecule has 0 aliphatic carbocycles. The van der Waals surface area contributed by atoms with Crippen LogP contribution in [0.4, 0.5) is 0 Å². The quantitative estimate of drug-likeness (QED) is 0.668. The lowest BCUT2D eigenvalue weighted by Crippen LogP contribution is -1.94. The van der Waals surface area contributed by atoms with Crippen LogP contribution in [-0.2, 0) is 0 Å². The molecule has 0 atom stereocenters. The predicted molar refractivity (Wildman–Crippen MR) is 68.3 cm³/mol. The second-order valence-corrected chi connectivity index (χ2v) is 4.57. The van der Waals surface area contributed by atoms with Crippen LogP contribution in [-0.4, -0.2) is 15.9 Å². The molecule has 2 aromatic rings. The van der Waals surface area contributed by atoms with Crippen LogP contribution in [0.3, 0.4) is 0 Å². The molecule has 3 nitrogen and oxygen atoms in total. The number of hydrogen-bond donors (Lipinski definition) is 1. The Hall–Kier alpha value is -1.94. The van der Waals surface area contributed by atoms with Crippen LogP contribution in [0, 0.1) is 6.92 Å². The summed E-state index contributed by atoms with van der Waals surface area (Å²) in [5.41, 5.74) is 1.06. The minimum Gasteiger partial charge on any atom is -0.507 e. The lowest BCUT2D eigenvalue weighted by molar-refractivity contribution is 0.104. The van der Waals surface area contributed by atoms with Crippen molar-refractivity contribution in [2.75, 3.05) is 0 Å². The smallest absolute Gasteiger partial charge is 0.189 e. The van der Waals surface area contributed by atoms with E-state index in [4.69, 9.17) is 0 Å². The predicted octanol–water partition coefficient (Wildman–Crippen LogP) is 3.05. The third-order valence-corrected chi connectivity index (χ3v) is 3.00. The first-order valence-electron chi connectivity index (χ1n) is 5.09. The van der Waals surface area contributed by atoms with Crippen molar-refractivity contribution in [3.05, 3.63) is 52.0 Å². The highest BCUT2D eigenvalue weighted by atomic mass is 32.1. The monoisotopic (exact) mass is 245 g/mol. The van der Waals surface area contributed by atoms with Crippen LogP contribution in [0.2, 0.25) is 0 Å². The molecule has 1 aromatic heterocycles. The highest BCUT2D eigenvalue weighted by Gasteiger charge is 2.06. The maximum atomic E-state index is 11.8. The molecule has 0 aliphatic heterocycles. The Balaban J connectivity index is 2.17. The normalized spacial score (nSPS) is 10.9. The zero-order chi connectivity index (χ0) is 12.3. The number of aryl methyl sites for hydroxylation is 1. The topological polar surface area (TPSA) is 50.2 Å². The van der Waals surface area contributed by atoms with Gasteiger partial charge in [0.05, 0.1) is 16.3 Å². The summed E-state index contributed by atoms with van der Waals surface area (Å²) in [6.45, 7) is 1.91. The van der Waals surface area contributed by atoms with Gasteiger partial charge in [0.1, 0.15) is 5.75 Å². The van der Waals surface area contributed by atoms with Gasteiger partial charge in [-0.05, 0) is 31.2 Å². The van der Waals surface area contributed by atoms with E-state index >= 15 is 0 Å². The number of nitrogens with zero attached hydrogens (tertiary/aromatic N) is 1. The fraction of sp³-hybridized carbons (Fsp3) is 0.0769. The van der Waals surface area contributed by atoms with Gasteiger partial charge in [0.2, 0.25) is 0 Å². The lowest BCUT2D eigenvalue weighted by atomic mass is 10.1. The number of hydrogen-bond acceptors (Lipinski definition) is 4. The Morgan fingerprint density at radius 2 is 2.18 bits per heavy atom. The molecular formula is C13H11NO2S. The molecule has 0 aliphatic rings. The number of para-hydroxylation sites is 1. The average molecular weight is 245 g/mol. The Bertz CT molecular complexity index is 572. The average Bonchev–Trinajstić information content (AvgIpc) is 2.73. The van der Waals surface area contributed by atoms with E-state index in [1.807, 2.05) is 12.3 Å². The van der Waals surface area contributed by atoms with Crippen molar-refractivity contribution >= 4 is 23.2 Å². The van der Waals surface area contributed by atoms with E-state index in [9.17, 15) is 9.90 Å². The van der Waals surface area contributed by atoms with Crippen LogP contribution in [0.25, 0.3) is 6.08 Å². The van der Waals surface area contributed by atoms with Gasteiger partial charge < -0.3 is 5.11 Å². The molecule has 2 rings (SSSR count). The maximum Gasteiger partial charge on any atom is 0.189 e. The number of rotatable bonds is 3. The zero-order valence-corrected chi connectivity index (χ0v) is 10.1. The Morgan fingerprint density at radius 1 is 1.41 bits per heavy atom. The van der Waals surface area contributed by atoms with Crippen molar-refractivity contribution in [1.82, 2.24) is 4.98 Å². The molecule has 0 fully saturated rings. The summed E-state index contributed by atoms with van der Waals surface area (Å²) in [4.78, 5) is 16.0. The molecule has 0 spiro atoms. The number of thiazole rings is 1. The van der Waals surface area contributed by atoms with Gasteiger partial charge in [-0.1, -0.05) is 12.1 Å². The van der Waals surface area contributed by atoms with Crippen LogP contribution >= 0.6 is 11.3 Å². The summed E-state index contributed by atoms with van der Waals surface area (Å²) in [5, 5.41) is 12.4. The summed E-state index contributed by atoms with van der Waals surface area (Å²) in [5.74, 6) is -0.231. The van der Waals surface area contributed by atoms with Crippen molar-refractivity contribution in [3.63, 3.8) is 0 Å². The first-order valence-corrected chi connectivity index (χ1v) is 5.97. The number of ketones is 1. The van der Waals surface area contributed by atoms with Crippen molar-refractivity contribution in [1.29, 1.82) is 0 Å². The van der Waals surface area contributed by atoms with Crippen LogP contribution < -0.4 is 0 Å². The van der Waals surface area contributed by atoms with Gasteiger partial charge >= 0.3 is 0 Å². The molecule has 0 unspecified atom stereocenters. The van der Waals surface area contributed by atoms with Gasteiger partial charge in [-0.2, -0.15) is 0 Å². The van der Waals surface area contributed by atoms with Crippen molar-refractivity contribution in [2.45, 2.75) is 6.92 Å². The molecular weight excluding hydrogens is 234 g/mol. The van der Waals surface area contributed by atoms with E-state index in [-0.39, 0.29) is 11.5 Å². The minimum atomic E-state index is -0.228. The van der Waals surface area contributed by atoms with E-state index in [2.05, 4.69) is 4.98 Å². The molecule has 0 radical (unpaired) electrons. The number of phenols is 1. The molecule has 0 amide bonds. The number of aromatic nitrogens is 1. The number of carbonyl (C=O) groups is 1. The Kier molecular flexibility index (Phi) is 3.35. The fourth-order valence-corrected chi connectivity index (χ4v) is 1.97. The van der Waals surface area contributed by atoms with E-state index in [1.54, 1.807) is 24.3 Å². The van der Waals surface area contributed by atoms with Crippen molar-refractivity contribution < 1.29 is 9.90 Å². The van der Waals surface area contributed by atoms with Gasteiger partial charge in [-0.3, -0.25) is 4.79 Å². The molecule has 4 heteroatoms. The number of aromatic hydroxyl groups is 1. The van der Waals surface area contributed by atoms with Crippen LogP contribution in [0.15, 0.2) is 35.7 Å². The van der Waals surface area contributed by atoms with E-state index in [1.165, 1.54) is 23.5 Å². The van der Waals surface area contributed by atoms with Gasteiger partial charge in [-0.15, -0.1) is 11.3 Å². The third kappa shape index (κ3) is 2.79. The Labute approximate surface area is 103 Å².